The van der Waals surface area contributed by atoms with Crippen molar-refractivity contribution in [3.05, 3.63) is 48.2 Å². The average molecular weight is 398 g/mol. The van der Waals surface area contributed by atoms with Crippen molar-refractivity contribution < 1.29 is 14.3 Å². The molecule has 0 bridgehead atoms. The van der Waals surface area contributed by atoms with Gasteiger partial charge in [-0.1, -0.05) is 12.1 Å². The highest BCUT2D eigenvalue weighted by Crippen LogP contribution is 2.26. The first-order chi connectivity index (χ1) is 14.0. The SMILES string of the molecule is CCNC(=O)C(C)c1ccc(OC2CCN(c3ccnc(OC(C)C)c3)C2)cc1. The molecule has 2 unspecified atom stereocenters. The highest BCUT2D eigenvalue weighted by Gasteiger charge is 2.25. The molecule has 1 aliphatic rings. The van der Waals surface area contributed by atoms with Crippen LogP contribution in [0.15, 0.2) is 42.6 Å². The Hall–Kier alpha value is -2.76. The van der Waals surface area contributed by atoms with Crippen LogP contribution in [0.1, 0.15) is 45.6 Å². The van der Waals surface area contributed by atoms with Crippen molar-refractivity contribution in [1.82, 2.24) is 10.3 Å². The molecule has 2 aromatic rings. The molecule has 2 atom stereocenters. The predicted octanol–water partition coefficient (Wildman–Crippen LogP) is 3.77. The number of benzene rings is 1. The van der Waals surface area contributed by atoms with Crippen LogP contribution in [0.4, 0.5) is 5.69 Å². The van der Waals surface area contributed by atoms with Gasteiger partial charge in [0.05, 0.1) is 18.6 Å². The van der Waals surface area contributed by atoms with Crippen LogP contribution in [0, 0.1) is 0 Å². The summed E-state index contributed by atoms with van der Waals surface area (Å²) >= 11 is 0. The van der Waals surface area contributed by atoms with E-state index >= 15 is 0 Å². The molecule has 1 aromatic carbocycles. The topological polar surface area (TPSA) is 63.7 Å². The Labute approximate surface area is 173 Å². The molecular weight excluding hydrogens is 366 g/mol. The fourth-order valence-corrected chi connectivity index (χ4v) is 3.47. The number of hydrogen-bond donors (Lipinski definition) is 1. The van der Waals surface area contributed by atoms with Crippen LogP contribution in [0.25, 0.3) is 0 Å². The van der Waals surface area contributed by atoms with E-state index in [1.807, 2.05) is 64.1 Å². The third-order valence-corrected chi connectivity index (χ3v) is 5.01. The summed E-state index contributed by atoms with van der Waals surface area (Å²) in [7, 11) is 0. The largest absolute Gasteiger partial charge is 0.489 e. The molecule has 2 heterocycles. The van der Waals surface area contributed by atoms with Gasteiger partial charge in [-0.05, 0) is 51.5 Å². The number of carbonyl (C=O) groups excluding carboxylic acids is 1. The number of pyridine rings is 1. The van der Waals surface area contributed by atoms with E-state index in [9.17, 15) is 4.79 Å². The molecule has 3 rings (SSSR count). The Morgan fingerprint density at radius 3 is 2.69 bits per heavy atom. The number of nitrogens with one attached hydrogen (secondary N) is 1. The number of hydrogen-bond acceptors (Lipinski definition) is 5. The zero-order chi connectivity index (χ0) is 20.8. The molecule has 1 aliphatic heterocycles. The van der Waals surface area contributed by atoms with Crippen LogP contribution in [0.2, 0.25) is 0 Å². The summed E-state index contributed by atoms with van der Waals surface area (Å²) < 4.78 is 11.9. The first-order valence-corrected chi connectivity index (χ1v) is 10.4. The van der Waals surface area contributed by atoms with Gasteiger partial charge in [-0.25, -0.2) is 4.98 Å². The lowest BCUT2D eigenvalue weighted by Gasteiger charge is -2.20. The Morgan fingerprint density at radius 2 is 2.00 bits per heavy atom. The van der Waals surface area contributed by atoms with Gasteiger partial charge in [0.2, 0.25) is 11.8 Å². The number of aromatic nitrogens is 1. The quantitative estimate of drug-likeness (QED) is 0.735. The lowest BCUT2D eigenvalue weighted by Crippen LogP contribution is -2.27. The fraction of sp³-hybridized carbons (Fsp3) is 0.478. The van der Waals surface area contributed by atoms with Crippen molar-refractivity contribution in [3.8, 4) is 11.6 Å². The van der Waals surface area contributed by atoms with Crippen LogP contribution in [0.3, 0.4) is 0 Å². The van der Waals surface area contributed by atoms with E-state index in [1.165, 1.54) is 0 Å². The van der Waals surface area contributed by atoms with E-state index in [0.717, 1.165) is 36.5 Å². The molecule has 0 spiro atoms. The molecule has 1 aromatic heterocycles. The molecule has 6 nitrogen and oxygen atoms in total. The van der Waals surface area contributed by atoms with Crippen molar-refractivity contribution in [1.29, 1.82) is 0 Å². The summed E-state index contributed by atoms with van der Waals surface area (Å²) in [4.78, 5) is 18.6. The van der Waals surface area contributed by atoms with Gasteiger partial charge in [0.1, 0.15) is 11.9 Å². The van der Waals surface area contributed by atoms with Crippen molar-refractivity contribution in [2.45, 2.75) is 52.2 Å². The lowest BCUT2D eigenvalue weighted by atomic mass is 10.0. The summed E-state index contributed by atoms with van der Waals surface area (Å²) in [5.74, 6) is 1.37. The monoisotopic (exact) mass is 397 g/mol. The van der Waals surface area contributed by atoms with Crippen LogP contribution < -0.4 is 19.7 Å². The molecular formula is C23H31N3O3. The van der Waals surface area contributed by atoms with E-state index in [0.29, 0.717) is 12.4 Å². The number of ether oxygens (including phenoxy) is 2. The highest BCUT2D eigenvalue weighted by molar-refractivity contribution is 5.83. The number of anilines is 1. The van der Waals surface area contributed by atoms with Gasteiger partial charge in [0.25, 0.3) is 0 Å². The fourth-order valence-electron chi connectivity index (χ4n) is 3.47. The summed E-state index contributed by atoms with van der Waals surface area (Å²) in [5.41, 5.74) is 2.10. The molecule has 6 heteroatoms. The number of nitrogens with zero attached hydrogens (tertiary/aromatic N) is 2. The Morgan fingerprint density at radius 1 is 1.24 bits per heavy atom. The van der Waals surface area contributed by atoms with Crippen molar-refractivity contribution >= 4 is 11.6 Å². The van der Waals surface area contributed by atoms with Gasteiger partial charge in [-0.15, -0.1) is 0 Å². The molecule has 29 heavy (non-hydrogen) atoms. The smallest absolute Gasteiger partial charge is 0.227 e. The molecule has 0 saturated carbocycles. The van der Waals surface area contributed by atoms with E-state index in [-0.39, 0.29) is 24.0 Å². The minimum atomic E-state index is -0.167. The van der Waals surface area contributed by atoms with E-state index in [1.54, 1.807) is 6.20 Å². The summed E-state index contributed by atoms with van der Waals surface area (Å²) in [5, 5.41) is 2.86. The summed E-state index contributed by atoms with van der Waals surface area (Å²) in [6.07, 6.45) is 2.98. The standard InChI is InChI=1S/C23H31N3O3/c1-5-24-23(27)17(4)18-6-8-20(9-7-18)29-21-11-13-26(15-21)19-10-12-25-22(14-19)28-16(2)3/h6-10,12,14,16-17,21H,5,11,13,15H2,1-4H3,(H,24,27). The maximum Gasteiger partial charge on any atom is 0.227 e. The lowest BCUT2D eigenvalue weighted by molar-refractivity contribution is -0.122. The van der Waals surface area contributed by atoms with Gasteiger partial charge < -0.3 is 19.7 Å². The first-order valence-electron chi connectivity index (χ1n) is 10.4. The van der Waals surface area contributed by atoms with Gasteiger partial charge >= 0.3 is 0 Å². The summed E-state index contributed by atoms with van der Waals surface area (Å²) in [6.45, 7) is 10.2. The van der Waals surface area contributed by atoms with Gasteiger partial charge in [-0.3, -0.25) is 4.79 Å². The third-order valence-electron chi connectivity index (χ3n) is 5.01. The number of carbonyl (C=O) groups is 1. The number of amides is 1. The van der Waals surface area contributed by atoms with Crippen molar-refractivity contribution in [2.75, 3.05) is 24.5 Å². The predicted molar refractivity (Wildman–Crippen MR) is 115 cm³/mol. The molecule has 1 N–H and O–H groups in total. The van der Waals surface area contributed by atoms with Gasteiger partial charge in [0.15, 0.2) is 0 Å². The zero-order valence-electron chi connectivity index (χ0n) is 17.7. The van der Waals surface area contributed by atoms with Crippen LogP contribution in [0.5, 0.6) is 11.6 Å². The van der Waals surface area contributed by atoms with E-state index in [2.05, 4.69) is 15.2 Å². The molecule has 156 valence electrons. The van der Waals surface area contributed by atoms with Crippen LogP contribution in [-0.4, -0.2) is 42.7 Å². The Bertz CT molecular complexity index is 807. The van der Waals surface area contributed by atoms with E-state index < -0.39 is 0 Å². The third kappa shape index (κ3) is 5.62. The van der Waals surface area contributed by atoms with Gasteiger partial charge in [-0.2, -0.15) is 0 Å². The van der Waals surface area contributed by atoms with Gasteiger partial charge in [0, 0.05) is 37.5 Å². The maximum atomic E-state index is 12.0. The maximum absolute atomic E-state index is 12.0. The van der Waals surface area contributed by atoms with Crippen LogP contribution >= 0.6 is 0 Å². The summed E-state index contributed by atoms with van der Waals surface area (Å²) in [6, 6.07) is 11.8. The normalized spacial score (nSPS) is 17.3. The van der Waals surface area contributed by atoms with E-state index in [4.69, 9.17) is 9.47 Å². The second kappa shape index (κ2) is 9.63. The molecule has 0 radical (unpaired) electrons. The average Bonchev–Trinajstić information content (AvgIpc) is 3.16. The minimum absolute atomic E-state index is 0.0470. The molecule has 1 amide bonds. The number of likely N-dealkylation sites (N-methyl/N-ethyl adjacent to an activating group) is 1. The minimum Gasteiger partial charge on any atom is -0.489 e. The first kappa shape index (κ1) is 21.0. The second-order valence-electron chi connectivity index (χ2n) is 7.68. The number of rotatable bonds is 8. The Kier molecular flexibility index (Phi) is 6.96. The zero-order valence-corrected chi connectivity index (χ0v) is 17.7. The van der Waals surface area contributed by atoms with Crippen molar-refractivity contribution in [2.24, 2.45) is 0 Å². The molecule has 1 saturated heterocycles. The van der Waals surface area contributed by atoms with Crippen molar-refractivity contribution in [3.63, 3.8) is 0 Å². The highest BCUT2D eigenvalue weighted by atomic mass is 16.5. The molecule has 0 aliphatic carbocycles. The Balaban J connectivity index is 1.57. The molecule has 1 fully saturated rings. The second-order valence-corrected chi connectivity index (χ2v) is 7.68. The van der Waals surface area contributed by atoms with Crippen LogP contribution in [-0.2, 0) is 4.79 Å².